The SMILES string of the molecule is CC1(C)CCC(CN2CCN(c3ccc(C(=O)NS(=O)(=O)c4cnc(OC[C@H]5CC[C@](C)(O)CC5)c(Cl)c4)c(Oc4cccc5[nH]ncc45)c3)CC2)=C(c2ccc(Cl)cc2)C1. The first-order valence-corrected chi connectivity index (χ1v) is 23.1. The van der Waals surface area contributed by atoms with E-state index in [4.69, 9.17) is 32.7 Å². The first-order valence-electron chi connectivity index (χ1n) is 20.9. The minimum absolute atomic E-state index is 0.00113. The molecular weight excluding hydrogens is 836 g/mol. The number of sulfonamides is 1. The van der Waals surface area contributed by atoms with Crippen LogP contribution < -0.4 is 19.1 Å². The lowest BCUT2D eigenvalue weighted by molar-refractivity contribution is 0.00127. The molecule has 2 aliphatic carbocycles. The highest BCUT2D eigenvalue weighted by Gasteiger charge is 2.31. The minimum atomic E-state index is -4.42. The van der Waals surface area contributed by atoms with Crippen LogP contribution in [0.3, 0.4) is 0 Å². The van der Waals surface area contributed by atoms with Crippen LogP contribution in [0.15, 0.2) is 89.6 Å². The first-order chi connectivity index (χ1) is 29.1. The van der Waals surface area contributed by atoms with E-state index in [1.165, 1.54) is 22.8 Å². The van der Waals surface area contributed by atoms with E-state index in [0.717, 1.165) is 87.3 Å². The van der Waals surface area contributed by atoms with Crippen LogP contribution in [0.5, 0.6) is 17.4 Å². The highest BCUT2D eigenvalue weighted by atomic mass is 35.5. The third-order valence-corrected chi connectivity index (χ3v) is 14.2. The number of nitrogens with zero attached hydrogens (tertiary/aromatic N) is 4. The van der Waals surface area contributed by atoms with Gasteiger partial charge in [-0.2, -0.15) is 5.10 Å². The van der Waals surface area contributed by atoms with Gasteiger partial charge in [-0.25, -0.2) is 18.1 Å². The van der Waals surface area contributed by atoms with E-state index in [1.54, 1.807) is 24.4 Å². The summed E-state index contributed by atoms with van der Waals surface area (Å²) < 4.78 is 41.7. The van der Waals surface area contributed by atoms with Gasteiger partial charge in [0.15, 0.2) is 0 Å². The van der Waals surface area contributed by atoms with Gasteiger partial charge in [0.1, 0.15) is 21.4 Å². The van der Waals surface area contributed by atoms with Crippen molar-refractivity contribution in [3.63, 3.8) is 0 Å². The normalized spacial score (nSPS) is 21.1. The highest BCUT2D eigenvalue weighted by molar-refractivity contribution is 7.90. The van der Waals surface area contributed by atoms with Crippen LogP contribution in [0.25, 0.3) is 16.5 Å². The van der Waals surface area contributed by atoms with Gasteiger partial charge in [0.05, 0.1) is 41.1 Å². The Morgan fingerprint density at radius 1 is 0.951 bits per heavy atom. The number of benzene rings is 3. The smallest absolute Gasteiger partial charge is 0.268 e. The number of aliphatic hydroxyl groups is 1. The molecule has 3 heterocycles. The molecule has 8 rings (SSSR count). The number of amides is 1. The number of nitrogens with one attached hydrogen (secondary N) is 2. The fraction of sp³-hybridized carbons (Fsp3) is 0.413. The number of ether oxygens (including phenoxy) is 2. The molecule has 0 bridgehead atoms. The van der Waals surface area contributed by atoms with Crippen molar-refractivity contribution >= 4 is 61.3 Å². The summed E-state index contributed by atoms with van der Waals surface area (Å²) in [5, 5.41) is 18.8. The number of halogens is 2. The molecule has 0 spiro atoms. The number of aromatic nitrogens is 3. The van der Waals surface area contributed by atoms with Crippen LogP contribution in [-0.4, -0.2) is 84.4 Å². The maximum Gasteiger partial charge on any atom is 0.268 e. The third-order valence-electron chi connectivity index (χ3n) is 12.4. The van der Waals surface area contributed by atoms with Gasteiger partial charge < -0.3 is 19.5 Å². The van der Waals surface area contributed by atoms with Gasteiger partial charge in [-0.05, 0) is 117 Å². The second-order valence-corrected chi connectivity index (χ2v) is 20.2. The van der Waals surface area contributed by atoms with E-state index in [2.05, 4.69) is 55.7 Å². The third kappa shape index (κ3) is 10.2. The molecule has 5 aromatic rings. The fourth-order valence-corrected chi connectivity index (χ4v) is 9.93. The topological polar surface area (TPSA) is 150 Å². The number of rotatable bonds is 12. The van der Waals surface area contributed by atoms with E-state index < -0.39 is 21.5 Å². The fourth-order valence-electron chi connectivity index (χ4n) is 8.59. The summed E-state index contributed by atoms with van der Waals surface area (Å²) in [5.74, 6) is 0.0860. The highest BCUT2D eigenvalue weighted by Crippen LogP contribution is 2.44. The Hall–Kier alpha value is -4.66. The van der Waals surface area contributed by atoms with Gasteiger partial charge in [0, 0.05) is 49.5 Å². The molecule has 0 radical (unpaired) electrons. The summed E-state index contributed by atoms with van der Waals surface area (Å²) >= 11 is 12.7. The average molecular weight is 888 g/mol. The van der Waals surface area contributed by atoms with Gasteiger partial charge in [0.2, 0.25) is 5.88 Å². The van der Waals surface area contributed by atoms with Crippen LogP contribution in [0.2, 0.25) is 10.0 Å². The number of carbonyl (C=O) groups excluding carboxylic acids is 1. The van der Waals surface area contributed by atoms with E-state index in [-0.39, 0.29) is 38.4 Å². The number of pyridine rings is 1. The maximum absolute atomic E-state index is 13.9. The van der Waals surface area contributed by atoms with Crippen LogP contribution in [0.4, 0.5) is 5.69 Å². The van der Waals surface area contributed by atoms with E-state index in [1.807, 2.05) is 37.3 Å². The molecule has 1 saturated heterocycles. The molecule has 0 unspecified atom stereocenters. The minimum Gasteiger partial charge on any atom is -0.476 e. The van der Waals surface area contributed by atoms with Crippen LogP contribution in [0.1, 0.15) is 81.6 Å². The van der Waals surface area contributed by atoms with Crippen LogP contribution in [0, 0.1) is 11.3 Å². The number of aromatic amines is 1. The van der Waals surface area contributed by atoms with E-state index in [9.17, 15) is 18.3 Å². The molecule has 3 aliphatic rings. The number of piperazine rings is 1. The molecule has 3 N–H and O–H groups in total. The zero-order chi connectivity index (χ0) is 42.9. The van der Waals surface area contributed by atoms with Crippen molar-refractivity contribution in [1.29, 1.82) is 0 Å². The Balaban J connectivity index is 0.981. The monoisotopic (exact) mass is 886 g/mol. The maximum atomic E-state index is 13.9. The molecule has 1 saturated carbocycles. The number of hydrogen-bond acceptors (Lipinski definition) is 10. The summed E-state index contributed by atoms with van der Waals surface area (Å²) in [4.78, 5) is 22.6. The molecule has 3 aromatic carbocycles. The van der Waals surface area contributed by atoms with Crippen molar-refractivity contribution in [2.45, 2.75) is 76.2 Å². The predicted molar refractivity (Wildman–Crippen MR) is 239 cm³/mol. The molecule has 15 heteroatoms. The summed E-state index contributed by atoms with van der Waals surface area (Å²) in [6.45, 7) is 11.0. The van der Waals surface area contributed by atoms with E-state index in [0.29, 0.717) is 30.6 Å². The molecule has 2 aromatic heterocycles. The molecule has 12 nitrogen and oxygen atoms in total. The number of allylic oxidation sites excluding steroid dienone is 1. The molecular formula is C46H52Cl2N6O6S. The lowest BCUT2D eigenvalue weighted by atomic mass is 9.72. The lowest BCUT2D eigenvalue weighted by Crippen LogP contribution is -2.47. The molecule has 1 aliphatic heterocycles. The van der Waals surface area contributed by atoms with Crippen molar-refractivity contribution < 1.29 is 27.8 Å². The Kier molecular flexibility index (Phi) is 12.4. The number of H-pyrrole nitrogens is 1. The van der Waals surface area contributed by atoms with Crippen molar-refractivity contribution in [3.05, 3.63) is 106 Å². The van der Waals surface area contributed by atoms with Gasteiger partial charge in [-0.3, -0.25) is 14.8 Å². The van der Waals surface area contributed by atoms with Gasteiger partial charge in [0.25, 0.3) is 15.9 Å². The second kappa shape index (κ2) is 17.6. The first kappa shape index (κ1) is 43.0. The molecule has 0 atom stereocenters. The average Bonchev–Trinajstić information content (AvgIpc) is 3.72. The number of hydrogen-bond donors (Lipinski definition) is 3. The van der Waals surface area contributed by atoms with Gasteiger partial charge in [-0.1, -0.05) is 60.8 Å². The van der Waals surface area contributed by atoms with Crippen molar-refractivity contribution in [2.75, 3.05) is 44.2 Å². The van der Waals surface area contributed by atoms with E-state index >= 15 is 0 Å². The van der Waals surface area contributed by atoms with Crippen LogP contribution in [-0.2, 0) is 10.0 Å². The second-order valence-electron chi connectivity index (χ2n) is 17.7. The number of fused-ring (bicyclic) bond motifs is 1. The zero-order valence-electron chi connectivity index (χ0n) is 34.7. The predicted octanol–water partition coefficient (Wildman–Crippen LogP) is 9.28. The molecule has 322 valence electrons. The zero-order valence-corrected chi connectivity index (χ0v) is 37.0. The summed E-state index contributed by atoms with van der Waals surface area (Å²) in [6, 6.07) is 20.1. The Morgan fingerprint density at radius 2 is 1.70 bits per heavy atom. The summed E-state index contributed by atoms with van der Waals surface area (Å²) in [6.07, 6.45) is 8.95. The molecule has 1 amide bonds. The van der Waals surface area contributed by atoms with Gasteiger partial charge >= 0.3 is 0 Å². The van der Waals surface area contributed by atoms with Crippen molar-refractivity contribution in [1.82, 2.24) is 24.8 Å². The van der Waals surface area contributed by atoms with Crippen molar-refractivity contribution in [3.8, 4) is 17.4 Å². The summed E-state index contributed by atoms with van der Waals surface area (Å²) in [7, 11) is -4.42. The standard InChI is InChI=1S/C46H52Cl2N6O6S/c1-45(2)16-15-32(37(25-45)31-7-9-33(47)10-8-31)28-53-19-21-54(22-20-53)34-11-12-36(42(23-34)60-41-6-4-5-40-38(41)27-50-51-40)43(55)52-61(57,58)35-24-39(48)44(49-26-35)59-29-30-13-17-46(3,56)18-14-30/h4-12,23-24,26-27,30,56H,13-22,25,28-29H2,1-3H3,(H,50,51)(H,52,55)/t30-,46-. The molecule has 2 fully saturated rings. The van der Waals surface area contributed by atoms with Gasteiger partial charge in [-0.15, -0.1) is 0 Å². The largest absolute Gasteiger partial charge is 0.476 e. The Bertz CT molecular complexity index is 2540. The van der Waals surface area contributed by atoms with Crippen molar-refractivity contribution in [2.24, 2.45) is 11.3 Å². The molecule has 61 heavy (non-hydrogen) atoms. The Labute approximate surface area is 367 Å². The summed E-state index contributed by atoms with van der Waals surface area (Å²) in [5.41, 5.74) is 5.34. The van der Waals surface area contributed by atoms with Crippen LogP contribution >= 0.6 is 23.2 Å². The number of carbonyl (C=O) groups is 1. The quantitative estimate of drug-likeness (QED) is 0.111. The Morgan fingerprint density at radius 3 is 2.44 bits per heavy atom. The lowest BCUT2D eigenvalue weighted by Gasteiger charge is -2.39. The number of anilines is 1.